The molecule has 0 aromatic heterocycles. The molecular formula is C11H31Si6. The van der Waals surface area contributed by atoms with Crippen LogP contribution in [0, 0.1) is 0 Å². The lowest BCUT2D eigenvalue weighted by Gasteiger charge is -2.46. The van der Waals surface area contributed by atoms with Crippen molar-refractivity contribution in [2.75, 3.05) is 0 Å². The summed E-state index contributed by atoms with van der Waals surface area (Å²) in [7, 11) is -0.861. The Labute approximate surface area is 116 Å². The van der Waals surface area contributed by atoms with E-state index in [4.69, 9.17) is 0 Å². The molecule has 0 amide bonds. The van der Waals surface area contributed by atoms with E-state index in [1.165, 1.54) is 6.04 Å². The van der Waals surface area contributed by atoms with E-state index < -0.39 is 35.5 Å². The standard InChI is InChI=1S/C11H31Si6/c1-13(2)14(3,4)16(7,8)17(9,11-10-12)15(13,5)6/h10-11H2,1-9H3. The zero-order chi connectivity index (χ0) is 13.9. The Kier molecular flexibility index (Phi) is 3.99. The van der Waals surface area contributed by atoms with Gasteiger partial charge in [0.15, 0.2) is 0 Å². The fraction of sp³-hybridized carbons (Fsp3) is 1.00. The summed E-state index contributed by atoms with van der Waals surface area (Å²) < 4.78 is 0. The molecule has 0 N–H and O–H groups in total. The highest BCUT2D eigenvalue weighted by atomic mass is 30.2. The van der Waals surface area contributed by atoms with Crippen LogP contribution in [0.1, 0.15) is 0 Å². The molecule has 17 heavy (non-hydrogen) atoms. The number of hydrogen-bond donors (Lipinski definition) is 0. The summed E-state index contributed by atoms with van der Waals surface area (Å²) >= 11 is 0. The van der Waals surface area contributed by atoms with Gasteiger partial charge in [-0.2, -0.15) is 0 Å². The van der Waals surface area contributed by atoms with Gasteiger partial charge in [0.1, 0.15) is 0 Å². The normalized spacial score (nSPS) is 31.4. The molecule has 99 valence electrons. The Morgan fingerprint density at radius 2 is 0.882 bits per heavy atom. The first-order valence-corrected chi connectivity index (χ1v) is 27.4. The summed E-state index contributed by atoms with van der Waals surface area (Å²) in [6.45, 7) is 25.3. The van der Waals surface area contributed by atoms with Crippen LogP contribution in [0.5, 0.6) is 0 Å². The molecule has 0 aromatic rings. The van der Waals surface area contributed by atoms with Crippen LogP contribution in [-0.2, 0) is 0 Å². The third-order valence-electron chi connectivity index (χ3n) is 8.07. The maximum atomic E-state index is 3.83. The van der Waals surface area contributed by atoms with Gasteiger partial charge >= 0.3 is 0 Å². The van der Waals surface area contributed by atoms with Crippen LogP contribution in [0.15, 0.2) is 0 Å². The van der Waals surface area contributed by atoms with Gasteiger partial charge in [-0.15, -0.1) is 0 Å². The summed E-state index contributed by atoms with van der Waals surface area (Å²) in [6.07, 6.45) is 0. The van der Waals surface area contributed by atoms with Crippen LogP contribution in [0.4, 0.5) is 0 Å². The average molecular weight is 332 g/mol. The molecule has 1 rings (SSSR count). The summed E-state index contributed by atoms with van der Waals surface area (Å²) in [5.74, 6) is 0. The van der Waals surface area contributed by atoms with Crippen LogP contribution in [0.25, 0.3) is 0 Å². The molecule has 0 nitrogen and oxygen atoms in total. The van der Waals surface area contributed by atoms with Gasteiger partial charge in [0.25, 0.3) is 0 Å². The van der Waals surface area contributed by atoms with Gasteiger partial charge in [-0.3, -0.25) is 0 Å². The van der Waals surface area contributed by atoms with Crippen molar-refractivity contribution in [1.29, 1.82) is 0 Å². The number of hydrogen-bond acceptors (Lipinski definition) is 0. The molecule has 0 aliphatic carbocycles. The van der Waals surface area contributed by atoms with E-state index in [1.807, 2.05) is 0 Å². The van der Waals surface area contributed by atoms with E-state index in [0.29, 0.717) is 0 Å². The molecule has 0 saturated carbocycles. The van der Waals surface area contributed by atoms with Gasteiger partial charge in [-0.05, 0) is 0 Å². The maximum Gasteiger partial charge on any atom is 0.0334 e. The molecule has 1 aliphatic rings. The molecule has 1 heterocycles. The second kappa shape index (κ2) is 4.15. The van der Waals surface area contributed by atoms with Crippen LogP contribution in [0.2, 0.25) is 71.0 Å². The van der Waals surface area contributed by atoms with E-state index in [0.717, 1.165) is 0 Å². The minimum Gasteiger partial charge on any atom is -0.0735 e. The molecule has 1 saturated heterocycles. The zero-order valence-electron chi connectivity index (χ0n) is 13.4. The van der Waals surface area contributed by atoms with Crippen molar-refractivity contribution in [2.24, 2.45) is 0 Å². The fourth-order valence-corrected chi connectivity index (χ4v) is 212. The van der Waals surface area contributed by atoms with Crippen LogP contribution < -0.4 is 0 Å². The molecule has 3 radical (unpaired) electrons. The summed E-state index contributed by atoms with van der Waals surface area (Å²) in [6, 6.07) is 2.85. The van der Waals surface area contributed by atoms with E-state index in [1.54, 1.807) is 6.04 Å². The van der Waals surface area contributed by atoms with Crippen molar-refractivity contribution < 1.29 is 0 Å². The van der Waals surface area contributed by atoms with E-state index in [2.05, 4.69) is 69.2 Å². The third kappa shape index (κ3) is 1.60. The molecule has 6 heteroatoms. The van der Waals surface area contributed by atoms with Crippen molar-refractivity contribution in [3.8, 4) is 0 Å². The van der Waals surface area contributed by atoms with E-state index in [-0.39, 0.29) is 0 Å². The van der Waals surface area contributed by atoms with Crippen LogP contribution in [-0.4, -0.2) is 45.8 Å². The van der Waals surface area contributed by atoms with Gasteiger partial charge in [0, 0.05) is 45.8 Å². The molecule has 0 atom stereocenters. The SMILES string of the molecule is C[Si]1(C)[Si](C)(C)[Si](C)(C)[Si](C)(CC[Si])[Si]1(C)C. The smallest absolute Gasteiger partial charge is 0.0334 e. The van der Waals surface area contributed by atoms with Gasteiger partial charge in [-0.25, -0.2) is 0 Å². The minimum atomic E-state index is -0.960. The van der Waals surface area contributed by atoms with Crippen molar-refractivity contribution in [1.82, 2.24) is 0 Å². The highest BCUT2D eigenvalue weighted by Crippen LogP contribution is 2.52. The summed E-state index contributed by atoms with van der Waals surface area (Å²) in [4.78, 5) is 0. The largest absolute Gasteiger partial charge is 0.0735 e. The second-order valence-electron chi connectivity index (χ2n) is 8.33. The Balaban J connectivity index is 3.53. The monoisotopic (exact) mass is 331 g/mol. The van der Waals surface area contributed by atoms with Crippen molar-refractivity contribution >= 4 is 45.8 Å². The molecule has 1 fully saturated rings. The molecule has 0 aromatic carbocycles. The highest BCUT2D eigenvalue weighted by Gasteiger charge is 2.76. The molecule has 0 spiro atoms. The average Bonchev–Trinajstić information content (AvgIpc) is 2.19. The minimum absolute atomic E-state index is 0.924. The van der Waals surface area contributed by atoms with Gasteiger partial charge in [-0.1, -0.05) is 71.0 Å². The summed E-state index contributed by atoms with van der Waals surface area (Å²) in [5, 5.41) is 0. The zero-order valence-corrected chi connectivity index (χ0v) is 19.4. The van der Waals surface area contributed by atoms with Crippen molar-refractivity contribution in [3.63, 3.8) is 0 Å². The molecular weight excluding hydrogens is 301 g/mol. The number of rotatable bonds is 2. The van der Waals surface area contributed by atoms with Crippen LogP contribution in [0.3, 0.4) is 0 Å². The molecule has 0 bridgehead atoms. The predicted octanol–water partition coefficient (Wildman–Crippen LogP) is 3.89. The third-order valence-corrected chi connectivity index (χ3v) is 137. The lowest BCUT2D eigenvalue weighted by Crippen LogP contribution is -2.70. The van der Waals surface area contributed by atoms with Crippen LogP contribution >= 0.6 is 0 Å². The first kappa shape index (κ1) is 16.4. The topological polar surface area (TPSA) is 0 Å². The molecule has 0 unspecified atom stereocenters. The Morgan fingerprint density at radius 3 is 1.12 bits per heavy atom. The first-order chi connectivity index (χ1) is 7.31. The van der Waals surface area contributed by atoms with Gasteiger partial charge in [0.2, 0.25) is 0 Å². The Bertz CT molecular complexity index is 292. The maximum absolute atomic E-state index is 3.83. The second-order valence-corrected chi connectivity index (χ2v) is 69.1. The van der Waals surface area contributed by atoms with E-state index >= 15 is 0 Å². The molecule has 1 aliphatic heterocycles. The highest BCUT2D eigenvalue weighted by molar-refractivity contribution is 8.13. The lowest BCUT2D eigenvalue weighted by atomic mass is 11.0. The fourth-order valence-electron chi connectivity index (χ4n) is 4.60. The first-order valence-electron chi connectivity index (χ1n) is 6.96. The van der Waals surface area contributed by atoms with Crippen molar-refractivity contribution in [3.05, 3.63) is 0 Å². The lowest BCUT2D eigenvalue weighted by molar-refractivity contribution is 1.40. The van der Waals surface area contributed by atoms with Gasteiger partial charge in [0.05, 0.1) is 0 Å². The Hall–Kier alpha value is 1.30. The van der Waals surface area contributed by atoms with E-state index in [9.17, 15) is 0 Å². The quantitative estimate of drug-likeness (QED) is 0.673. The predicted molar refractivity (Wildman–Crippen MR) is 96.9 cm³/mol. The Morgan fingerprint density at radius 1 is 0.588 bits per heavy atom. The van der Waals surface area contributed by atoms with Crippen molar-refractivity contribution in [2.45, 2.75) is 71.0 Å². The van der Waals surface area contributed by atoms with Gasteiger partial charge < -0.3 is 0 Å². The summed E-state index contributed by atoms with van der Waals surface area (Å²) in [5.41, 5.74) is 0.